The molecule has 0 unspecified atom stereocenters. The van der Waals surface area contributed by atoms with Gasteiger partial charge in [-0.1, -0.05) is 23.7 Å². The number of piperazine rings is 1. The molecule has 2 aromatic rings. The maximum Gasteiger partial charge on any atom is 0.254 e. The van der Waals surface area contributed by atoms with E-state index in [1.165, 1.54) is 5.56 Å². The van der Waals surface area contributed by atoms with E-state index in [0.29, 0.717) is 18.0 Å². The summed E-state index contributed by atoms with van der Waals surface area (Å²) in [5.41, 5.74) is 4.56. The van der Waals surface area contributed by atoms with Crippen LogP contribution in [0, 0.1) is 0 Å². The summed E-state index contributed by atoms with van der Waals surface area (Å²) < 4.78 is 10.5. The molecule has 30 heavy (non-hydrogen) atoms. The van der Waals surface area contributed by atoms with Gasteiger partial charge in [-0.15, -0.1) is 0 Å². The first-order valence-corrected chi connectivity index (χ1v) is 10.2. The fourth-order valence-corrected chi connectivity index (χ4v) is 3.43. The van der Waals surface area contributed by atoms with Crippen molar-refractivity contribution in [3.05, 3.63) is 58.6 Å². The summed E-state index contributed by atoms with van der Waals surface area (Å²) in [6.07, 6.45) is 1.56. The molecule has 0 aromatic heterocycles. The lowest BCUT2D eigenvalue weighted by molar-refractivity contribution is -0.122. The Morgan fingerprint density at radius 2 is 1.77 bits per heavy atom. The van der Waals surface area contributed by atoms with Crippen molar-refractivity contribution in [3.63, 3.8) is 0 Å². The second-order valence-electron chi connectivity index (χ2n) is 7.08. The van der Waals surface area contributed by atoms with Gasteiger partial charge in [0.05, 0.1) is 27.0 Å². The molecule has 3 rings (SSSR count). The minimum Gasteiger partial charge on any atom is -0.497 e. The van der Waals surface area contributed by atoms with E-state index >= 15 is 0 Å². The van der Waals surface area contributed by atoms with E-state index in [-0.39, 0.29) is 5.91 Å². The molecule has 0 radical (unpaired) electrons. The van der Waals surface area contributed by atoms with Gasteiger partial charge in [0.1, 0.15) is 11.5 Å². The summed E-state index contributed by atoms with van der Waals surface area (Å²) in [5.74, 6) is 1.21. The number of hydrogen-bond acceptors (Lipinski definition) is 6. The van der Waals surface area contributed by atoms with Crippen molar-refractivity contribution < 1.29 is 14.3 Å². The van der Waals surface area contributed by atoms with Gasteiger partial charge in [-0.3, -0.25) is 14.6 Å². The van der Waals surface area contributed by atoms with Crippen LogP contribution in [-0.4, -0.2) is 68.9 Å². The molecule has 1 heterocycles. The minimum absolute atomic E-state index is 0.140. The largest absolute Gasteiger partial charge is 0.497 e. The fourth-order valence-electron chi connectivity index (χ4n) is 3.31. The smallest absolute Gasteiger partial charge is 0.254 e. The molecule has 7 nitrogen and oxygen atoms in total. The summed E-state index contributed by atoms with van der Waals surface area (Å²) in [6, 6.07) is 13.3. The number of rotatable bonds is 8. The molecule has 2 aromatic carbocycles. The Bertz CT molecular complexity index is 865. The Hall–Kier alpha value is -2.61. The predicted octanol–water partition coefficient (Wildman–Crippen LogP) is 2.63. The third-order valence-electron chi connectivity index (χ3n) is 4.98. The molecule has 0 bridgehead atoms. The van der Waals surface area contributed by atoms with Crippen molar-refractivity contribution in [1.29, 1.82) is 0 Å². The summed E-state index contributed by atoms with van der Waals surface area (Å²) in [4.78, 5) is 16.7. The number of hydrogen-bond donors (Lipinski definition) is 1. The van der Waals surface area contributed by atoms with Crippen molar-refractivity contribution in [1.82, 2.24) is 15.2 Å². The van der Waals surface area contributed by atoms with Gasteiger partial charge in [0, 0.05) is 43.3 Å². The SMILES string of the molecule is COc1ccc(OC)c(C=NNC(=O)CN2CCN(Cc3ccc(Cl)cc3)CC2)c1. The first-order chi connectivity index (χ1) is 14.6. The zero-order valence-electron chi connectivity index (χ0n) is 17.3. The van der Waals surface area contributed by atoms with Crippen LogP contribution < -0.4 is 14.9 Å². The number of carbonyl (C=O) groups is 1. The number of ether oxygens (including phenoxy) is 2. The number of hydrazone groups is 1. The lowest BCUT2D eigenvalue weighted by atomic mass is 10.2. The first-order valence-electron chi connectivity index (χ1n) is 9.80. The number of methoxy groups -OCH3 is 2. The van der Waals surface area contributed by atoms with Crippen LogP contribution in [0.15, 0.2) is 47.6 Å². The van der Waals surface area contributed by atoms with Gasteiger partial charge < -0.3 is 9.47 Å². The molecule has 0 atom stereocenters. The molecule has 1 aliphatic rings. The van der Waals surface area contributed by atoms with E-state index in [9.17, 15) is 4.79 Å². The van der Waals surface area contributed by atoms with Gasteiger partial charge >= 0.3 is 0 Å². The zero-order valence-corrected chi connectivity index (χ0v) is 18.1. The van der Waals surface area contributed by atoms with Crippen LogP contribution in [0.25, 0.3) is 0 Å². The lowest BCUT2D eigenvalue weighted by Crippen LogP contribution is -2.48. The molecule has 0 aliphatic carbocycles. The summed E-state index contributed by atoms with van der Waals surface area (Å²) in [6.45, 7) is 4.73. The van der Waals surface area contributed by atoms with E-state index in [1.807, 2.05) is 12.1 Å². The van der Waals surface area contributed by atoms with Crippen molar-refractivity contribution in [3.8, 4) is 11.5 Å². The topological polar surface area (TPSA) is 66.4 Å². The van der Waals surface area contributed by atoms with Crippen LogP contribution in [0.5, 0.6) is 11.5 Å². The van der Waals surface area contributed by atoms with Crippen LogP contribution in [0.4, 0.5) is 0 Å². The van der Waals surface area contributed by atoms with Gasteiger partial charge in [0.15, 0.2) is 0 Å². The predicted molar refractivity (Wildman–Crippen MR) is 118 cm³/mol. The standard InChI is InChI=1S/C22H27ClN4O3/c1-29-20-7-8-21(30-2)18(13-20)14-24-25-22(28)16-27-11-9-26(10-12-27)15-17-3-5-19(23)6-4-17/h3-8,13-14H,9-12,15-16H2,1-2H3,(H,25,28). The Kier molecular flexibility index (Phi) is 8.07. The average Bonchev–Trinajstić information content (AvgIpc) is 2.76. The van der Waals surface area contributed by atoms with Crippen molar-refractivity contribution in [2.24, 2.45) is 5.10 Å². The Labute approximate surface area is 182 Å². The van der Waals surface area contributed by atoms with Crippen molar-refractivity contribution in [2.45, 2.75) is 6.54 Å². The number of nitrogens with one attached hydrogen (secondary N) is 1. The molecule has 0 spiro atoms. The van der Waals surface area contributed by atoms with Gasteiger partial charge in [0.25, 0.3) is 5.91 Å². The van der Waals surface area contributed by atoms with Crippen LogP contribution in [0.3, 0.4) is 0 Å². The number of benzene rings is 2. The minimum atomic E-state index is -0.140. The molecule has 1 saturated heterocycles. The molecular formula is C22H27ClN4O3. The second kappa shape index (κ2) is 11.0. The van der Waals surface area contributed by atoms with E-state index in [4.69, 9.17) is 21.1 Å². The highest BCUT2D eigenvalue weighted by Crippen LogP contribution is 2.22. The van der Waals surface area contributed by atoms with Crippen LogP contribution >= 0.6 is 11.6 Å². The molecular weight excluding hydrogens is 404 g/mol. The van der Waals surface area contributed by atoms with Gasteiger partial charge in [-0.25, -0.2) is 5.43 Å². The monoisotopic (exact) mass is 430 g/mol. The van der Waals surface area contributed by atoms with Gasteiger partial charge in [-0.05, 0) is 35.9 Å². The number of halogens is 1. The molecule has 0 saturated carbocycles. The average molecular weight is 431 g/mol. The first kappa shape index (κ1) is 22.1. The molecule has 1 aliphatic heterocycles. The van der Waals surface area contributed by atoms with Crippen LogP contribution in [-0.2, 0) is 11.3 Å². The van der Waals surface area contributed by atoms with E-state index in [0.717, 1.165) is 43.3 Å². The number of carbonyl (C=O) groups excluding carboxylic acids is 1. The van der Waals surface area contributed by atoms with E-state index in [2.05, 4.69) is 32.5 Å². The normalized spacial score (nSPS) is 15.3. The quantitative estimate of drug-likeness (QED) is 0.515. The third-order valence-corrected chi connectivity index (χ3v) is 5.23. The zero-order chi connectivity index (χ0) is 21.3. The summed E-state index contributed by atoms with van der Waals surface area (Å²) in [7, 11) is 3.18. The highest BCUT2D eigenvalue weighted by atomic mass is 35.5. The van der Waals surface area contributed by atoms with Crippen molar-refractivity contribution >= 4 is 23.7 Å². The highest BCUT2D eigenvalue weighted by molar-refractivity contribution is 6.30. The number of amides is 1. The van der Waals surface area contributed by atoms with E-state index in [1.54, 1.807) is 38.6 Å². The van der Waals surface area contributed by atoms with Crippen molar-refractivity contribution in [2.75, 3.05) is 46.9 Å². The van der Waals surface area contributed by atoms with Crippen LogP contribution in [0.1, 0.15) is 11.1 Å². The highest BCUT2D eigenvalue weighted by Gasteiger charge is 2.18. The van der Waals surface area contributed by atoms with Gasteiger partial charge in [-0.2, -0.15) is 5.10 Å². The fraction of sp³-hybridized carbons (Fsp3) is 0.364. The molecule has 1 amide bonds. The van der Waals surface area contributed by atoms with Gasteiger partial charge in [0.2, 0.25) is 0 Å². The van der Waals surface area contributed by atoms with Crippen LogP contribution in [0.2, 0.25) is 5.02 Å². The number of nitrogens with zero attached hydrogens (tertiary/aromatic N) is 3. The molecule has 8 heteroatoms. The van der Waals surface area contributed by atoms with E-state index < -0.39 is 0 Å². The summed E-state index contributed by atoms with van der Waals surface area (Å²) in [5, 5.41) is 4.81. The third kappa shape index (κ3) is 6.45. The molecule has 1 fully saturated rings. The Morgan fingerprint density at radius 3 is 2.43 bits per heavy atom. The molecule has 1 N–H and O–H groups in total. The second-order valence-corrected chi connectivity index (χ2v) is 7.52. The molecule has 160 valence electrons. The maximum atomic E-state index is 12.2. The Morgan fingerprint density at radius 1 is 1.07 bits per heavy atom. The Balaban J connectivity index is 1.43. The summed E-state index contributed by atoms with van der Waals surface area (Å²) >= 11 is 5.94. The lowest BCUT2D eigenvalue weighted by Gasteiger charge is -2.34. The maximum absolute atomic E-state index is 12.2.